The van der Waals surface area contributed by atoms with Crippen LogP contribution in [0.2, 0.25) is 0 Å². The van der Waals surface area contributed by atoms with E-state index in [0.29, 0.717) is 11.8 Å². The number of carbonyl (C=O) groups excluding carboxylic acids is 6. The third-order valence-electron chi connectivity index (χ3n) is 29.1. The van der Waals surface area contributed by atoms with Gasteiger partial charge >= 0.3 is 0 Å². The summed E-state index contributed by atoms with van der Waals surface area (Å²) in [6, 6.07) is 0. The van der Waals surface area contributed by atoms with Gasteiger partial charge in [0.1, 0.15) is 0 Å². The van der Waals surface area contributed by atoms with Gasteiger partial charge in [-0.15, -0.1) is 0 Å². The predicted molar refractivity (Wildman–Crippen MR) is 456 cm³/mol. The number of unbranched alkanes of at least 4 members (excludes halogenated alkanes) is 1. The first kappa shape index (κ1) is 90.8. The Bertz CT molecular complexity index is 3540. The highest BCUT2D eigenvalue weighted by Crippen LogP contribution is 2.57. The zero-order valence-electron chi connectivity index (χ0n) is 73.4. The van der Waals surface area contributed by atoms with Crippen molar-refractivity contribution in [2.45, 2.75) is 353 Å². The van der Waals surface area contributed by atoms with Crippen molar-refractivity contribution in [2.75, 3.05) is 0 Å². The number of ketones is 6. The van der Waals surface area contributed by atoms with Crippen LogP contribution in [0.3, 0.4) is 0 Å². The van der Waals surface area contributed by atoms with Crippen LogP contribution in [-0.2, 0) is 28.8 Å². The molecule has 0 N–H and O–H groups in total. The second-order valence-electron chi connectivity index (χ2n) is 39.2. The summed E-state index contributed by atoms with van der Waals surface area (Å²) in [6.45, 7) is 58.0. The second-order valence-corrected chi connectivity index (χ2v) is 39.2. The van der Waals surface area contributed by atoms with E-state index in [1.165, 1.54) is 66.9 Å². The first-order chi connectivity index (χ1) is 50.2. The summed E-state index contributed by atoms with van der Waals surface area (Å²) in [6.07, 6.45) is 49.6. The molecular formula is C101H156O6. The first-order valence-electron chi connectivity index (χ1n) is 43.4. The van der Waals surface area contributed by atoms with E-state index >= 15 is 0 Å². The Kier molecular flexibility index (Phi) is 33.4. The van der Waals surface area contributed by atoms with E-state index in [4.69, 9.17) is 0 Å². The minimum absolute atomic E-state index is 0.126. The van der Waals surface area contributed by atoms with Crippen molar-refractivity contribution < 1.29 is 28.8 Å². The minimum atomic E-state index is -0.221. The van der Waals surface area contributed by atoms with E-state index in [2.05, 4.69) is 138 Å². The van der Waals surface area contributed by atoms with E-state index < -0.39 is 0 Å². The number of hydrogen-bond donors (Lipinski definition) is 0. The van der Waals surface area contributed by atoms with Gasteiger partial charge in [0, 0.05) is 35.5 Å². The molecule has 12 unspecified atom stereocenters. The van der Waals surface area contributed by atoms with Crippen molar-refractivity contribution in [3.63, 3.8) is 0 Å². The molecule has 6 heteroatoms. The Hall–Kier alpha value is -5.10. The van der Waals surface area contributed by atoms with Crippen LogP contribution in [0, 0.1) is 104 Å². The Balaban J connectivity index is 1.58. The number of carbonyl (C=O) groups is 6. The van der Waals surface area contributed by atoms with Crippen LogP contribution in [0.4, 0.5) is 0 Å². The summed E-state index contributed by atoms with van der Waals surface area (Å²) >= 11 is 0. The highest BCUT2D eigenvalue weighted by molar-refractivity contribution is 5.97. The lowest BCUT2D eigenvalue weighted by Crippen LogP contribution is -2.37. The lowest BCUT2D eigenvalue weighted by atomic mass is 9.60. The minimum Gasteiger partial charge on any atom is -0.294 e. The lowest BCUT2D eigenvalue weighted by Gasteiger charge is -2.44. The van der Waals surface area contributed by atoms with E-state index in [1.807, 2.05) is 114 Å². The monoisotopic (exact) mass is 1470 g/mol. The Morgan fingerprint density at radius 2 is 0.411 bits per heavy atom. The van der Waals surface area contributed by atoms with Gasteiger partial charge in [-0.3, -0.25) is 28.8 Å². The van der Waals surface area contributed by atoms with Gasteiger partial charge in [0.25, 0.3) is 0 Å². The summed E-state index contributed by atoms with van der Waals surface area (Å²) in [5, 5.41) is 0. The summed E-state index contributed by atoms with van der Waals surface area (Å²) in [7, 11) is 0. The SMILES string of the molecule is CC=CC(=O)C1C(C)=C(C(CCC)CCC(CCC(CCC(CCC(CCC(CCCC)C2=C(C)C(C(=O)C=CC)C(C)(C)CC2)C2=C(C)C(C(=O)C=CC)C(C)(C)CC2)C2=C(C)C(C(=O)C=CC)C(C)(C)CC2)C2=C(C)C(C(=O)C=CC)C(C)(C)CC2)C2=C(C)C(C(=O)C=CC)C(C)(C)CC2)CCC1(C)C. The largest absolute Gasteiger partial charge is 0.294 e. The van der Waals surface area contributed by atoms with Crippen molar-refractivity contribution >= 4 is 34.7 Å². The molecule has 6 aliphatic carbocycles. The highest BCUT2D eigenvalue weighted by atomic mass is 16.1. The maximum Gasteiger partial charge on any atom is 0.162 e. The second kappa shape index (κ2) is 39.4. The van der Waals surface area contributed by atoms with Crippen LogP contribution in [-0.4, -0.2) is 34.7 Å². The van der Waals surface area contributed by atoms with Crippen LogP contribution in [0.5, 0.6) is 0 Å². The molecule has 6 rings (SSSR count). The number of hydrogen-bond acceptors (Lipinski definition) is 6. The fourth-order valence-corrected chi connectivity index (χ4v) is 23.5. The van der Waals surface area contributed by atoms with Crippen LogP contribution in [0.1, 0.15) is 353 Å². The molecule has 107 heavy (non-hydrogen) atoms. The van der Waals surface area contributed by atoms with Crippen molar-refractivity contribution in [3.05, 3.63) is 140 Å². The molecule has 0 aliphatic heterocycles. The first-order valence-corrected chi connectivity index (χ1v) is 43.4. The maximum absolute atomic E-state index is 14.8. The average Bonchev–Trinajstić information content (AvgIpc) is 0.793. The fourth-order valence-electron chi connectivity index (χ4n) is 23.5. The molecule has 0 radical (unpaired) electrons. The molecule has 0 saturated carbocycles. The molecule has 6 aliphatic rings. The molecule has 12 atom stereocenters. The molecule has 0 spiro atoms. The molecule has 0 aromatic carbocycles. The van der Waals surface area contributed by atoms with E-state index in [0.717, 1.165) is 173 Å². The Labute approximate surface area is 656 Å². The maximum atomic E-state index is 14.8. The van der Waals surface area contributed by atoms with Gasteiger partial charge in [0.05, 0.1) is 0 Å². The third kappa shape index (κ3) is 21.8. The van der Waals surface area contributed by atoms with Crippen LogP contribution >= 0.6 is 0 Å². The quantitative estimate of drug-likeness (QED) is 0.0451. The molecule has 596 valence electrons. The summed E-state index contributed by atoms with van der Waals surface area (Å²) in [5.41, 5.74) is 15.6. The third-order valence-corrected chi connectivity index (χ3v) is 29.1. The molecule has 6 nitrogen and oxygen atoms in total. The van der Waals surface area contributed by atoms with Crippen LogP contribution in [0.25, 0.3) is 0 Å². The van der Waals surface area contributed by atoms with Crippen LogP contribution < -0.4 is 0 Å². The van der Waals surface area contributed by atoms with E-state index in [9.17, 15) is 28.8 Å². The molecule has 0 fully saturated rings. The standard InChI is InChI=1S/C101H156O6/c1-27-35-43-73(79-55-61-97(17,18)91(67(79)10)85(103)38-30-4)45-47-75(81-57-63-99(21,22)93(69(81)12)87(105)40-32-6)49-51-77(83-59-65-101(25,26)95(71(83)14)89(107)42-34-8)53-52-76(82-58-64-100(23,24)94(70(82)13)88(106)41-33-7)50-48-74(80-56-62-98(19,20)92(68(80)11)86(104)39-31-5)46-44-72(36-28-2)78-54-60-96(15,16)90(66(78)9)84(102)37-29-3/h29-34,37-42,72-77,90-95H,27-28,35-36,43-65H2,1-26H3. The average molecular weight is 1470 g/mol. The zero-order valence-corrected chi connectivity index (χ0v) is 73.4. The highest BCUT2D eigenvalue weighted by Gasteiger charge is 2.48. The van der Waals surface area contributed by atoms with Gasteiger partial charge in [-0.1, -0.05) is 220 Å². The molecule has 0 aromatic rings. The summed E-state index contributed by atoms with van der Waals surface area (Å²) < 4.78 is 0. The molecule has 0 aromatic heterocycles. The van der Waals surface area contributed by atoms with Crippen molar-refractivity contribution in [2.24, 2.45) is 104 Å². The van der Waals surface area contributed by atoms with Crippen molar-refractivity contribution in [1.29, 1.82) is 0 Å². The number of rotatable bonds is 38. The molecule has 0 amide bonds. The smallest absolute Gasteiger partial charge is 0.162 e. The van der Waals surface area contributed by atoms with Crippen molar-refractivity contribution in [1.82, 2.24) is 0 Å². The van der Waals surface area contributed by atoms with Crippen molar-refractivity contribution in [3.8, 4) is 0 Å². The van der Waals surface area contributed by atoms with Crippen LogP contribution in [0.15, 0.2) is 140 Å². The summed E-state index contributed by atoms with van der Waals surface area (Å²) in [5.74, 6) is 1.80. The van der Waals surface area contributed by atoms with Gasteiger partial charge < -0.3 is 0 Å². The lowest BCUT2D eigenvalue weighted by molar-refractivity contribution is -0.121. The fraction of sp³-hybridized carbons (Fsp3) is 0.703. The van der Waals surface area contributed by atoms with Gasteiger partial charge in [-0.2, -0.15) is 0 Å². The van der Waals surface area contributed by atoms with Gasteiger partial charge in [0.15, 0.2) is 34.7 Å². The van der Waals surface area contributed by atoms with E-state index in [1.54, 1.807) is 0 Å². The molecular weight excluding hydrogens is 1310 g/mol. The molecule has 0 heterocycles. The topological polar surface area (TPSA) is 102 Å². The van der Waals surface area contributed by atoms with Gasteiger partial charge in [-0.05, 0) is 342 Å². The predicted octanol–water partition coefficient (Wildman–Crippen LogP) is 28.0. The summed E-state index contributed by atoms with van der Waals surface area (Å²) in [4.78, 5) is 87.0. The van der Waals surface area contributed by atoms with Gasteiger partial charge in [0.2, 0.25) is 0 Å². The molecule has 0 bridgehead atoms. The van der Waals surface area contributed by atoms with E-state index in [-0.39, 0.29) is 126 Å². The Morgan fingerprint density at radius 1 is 0.262 bits per heavy atom. The Morgan fingerprint density at radius 3 is 0.551 bits per heavy atom. The molecule has 0 saturated heterocycles. The normalized spacial score (nSPS) is 26.5. The van der Waals surface area contributed by atoms with Gasteiger partial charge in [-0.25, -0.2) is 0 Å². The zero-order chi connectivity index (χ0) is 79.9. The number of allylic oxidation sites excluding steroid dienone is 24.